The number of rotatable bonds is 6. The number of carbonyl (C=O) groups is 1. The van der Waals surface area contributed by atoms with Crippen LogP contribution in [0.15, 0.2) is 36.4 Å². The number of benzene rings is 1. The van der Waals surface area contributed by atoms with E-state index in [0.717, 1.165) is 32.6 Å². The van der Waals surface area contributed by atoms with Gasteiger partial charge >= 0.3 is 6.03 Å². The van der Waals surface area contributed by atoms with Gasteiger partial charge < -0.3 is 10.6 Å². The van der Waals surface area contributed by atoms with Crippen LogP contribution in [-0.2, 0) is 0 Å². The van der Waals surface area contributed by atoms with E-state index in [2.05, 4.69) is 52.0 Å². The Morgan fingerprint density at radius 2 is 2.14 bits per heavy atom. The Kier molecular flexibility index (Phi) is 6.28. The van der Waals surface area contributed by atoms with Crippen molar-refractivity contribution < 1.29 is 4.79 Å². The van der Waals surface area contributed by atoms with Gasteiger partial charge in [-0.1, -0.05) is 42.5 Å². The van der Waals surface area contributed by atoms with E-state index in [1.54, 1.807) is 0 Å². The fourth-order valence-corrected chi connectivity index (χ4v) is 2.61. The van der Waals surface area contributed by atoms with Crippen LogP contribution in [0.25, 0.3) is 6.08 Å². The number of hydrogen-bond acceptors (Lipinski definition) is 2. The second-order valence-electron chi connectivity index (χ2n) is 5.47. The minimum absolute atomic E-state index is 0.0556. The van der Waals surface area contributed by atoms with E-state index < -0.39 is 0 Å². The van der Waals surface area contributed by atoms with E-state index >= 15 is 0 Å². The molecule has 1 fully saturated rings. The van der Waals surface area contributed by atoms with E-state index in [1.165, 1.54) is 5.56 Å². The lowest BCUT2D eigenvalue weighted by molar-refractivity contribution is 0.239. The molecule has 0 spiro atoms. The summed E-state index contributed by atoms with van der Waals surface area (Å²) in [6.07, 6.45) is 5.54. The maximum absolute atomic E-state index is 11.4. The van der Waals surface area contributed by atoms with Gasteiger partial charge in [0.1, 0.15) is 0 Å². The summed E-state index contributed by atoms with van der Waals surface area (Å²) in [7, 11) is 0. The van der Waals surface area contributed by atoms with Crippen LogP contribution in [0.2, 0.25) is 0 Å². The SMILES string of the molecule is CCNC(=O)NCC1CCN(C/C=C/c2ccccc2)C1. The Morgan fingerprint density at radius 3 is 2.90 bits per heavy atom. The normalized spacial score (nSPS) is 19.0. The van der Waals surface area contributed by atoms with E-state index in [1.807, 2.05) is 13.0 Å². The van der Waals surface area contributed by atoms with Crippen molar-refractivity contribution in [2.75, 3.05) is 32.7 Å². The van der Waals surface area contributed by atoms with Gasteiger partial charge in [-0.3, -0.25) is 4.90 Å². The van der Waals surface area contributed by atoms with Crippen molar-refractivity contribution in [1.29, 1.82) is 0 Å². The second-order valence-corrected chi connectivity index (χ2v) is 5.47. The van der Waals surface area contributed by atoms with Crippen LogP contribution in [0.3, 0.4) is 0 Å². The zero-order valence-electron chi connectivity index (χ0n) is 12.7. The lowest BCUT2D eigenvalue weighted by Gasteiger charge is -2.14. The Balaban J connectivity index is 1.66. The van der Waals surface area contributed by atoms with Gasteiger partial charge in [0.2, 0.25) is 0 Å². The topological polar surface area (TPSA) is 44.4 Å². The first-order valence-electron chi connectivity index (χ1n) is 7.73. The Labute approximate surface area is 127 Å². The zero-order valence-corrected chi connectivity index (χ0v) is 12.7. The van der Waals surface area contributed by atoms with Crippen molar-refractivity contribution in [3.05, 3.63) is 42.0 Å². The average Bonchev–Trinajstić information content (AvgIpc) is 2.95. The van der Waals surface area contributed by atoms with E-state index in [9.17, 15) is 4.79 Å². The monoisotopic (exact) mass is 287 g/mol. The highest BCUT2D eigenvalue weighted by Crippen LogP contribution is 2.15. The number of urea groups is 1. The Bertz CT molecular complexity index is 458. The van der Waals surface area contributed by atoms with Crippen molar-refractivity contribution in [2.45, 2.75) is 13.3 Å². The van der Waals surface area contributed by atoms with Crippen molar-refractivity contribution in [3.8, 4) is 0 Å². The van der Waals surface area contributed by atoms with E-state index in [0.29, 0.717) is 12.5 Å². The summed E-state index contributed by atoms with van der Waals surface area (Å²) in [4.78, 5) is 13.8. The maximum atomic E-state index is 11.4. The molecule has 0 bridgehead atoms. The molecular formula is C17H25N3O. The van der Waals surface area contributed by atoms with E-state index in [-0.39, 0.29) is 6.03 Å². The zero-order chi connectivity index (χ0) is 14.9. The molecule has 0 aromatic heterocycles. The molecule has 1 aliphatic heterocycles. The fraction of sp³-hybridized carbons (Fsp3) is 0.471. The minimum atomic E-state index is -0.0556. The van der Waals surface area contributed by atoms with Crippen LogP contribution in [0.4, 0.5) is 4.79 Å². The van der Waals surface area contributed by atoms with Gasteiger partial charge in [-0.2, -0.15) is 0 Å². The highest BCUT2D eigenvalue weighted by molar-refractivity contribution is 5.73. The lowest BCUT2D eigenvalue weighted by atomic mass is 10.1. The number of likely N-dealkylation sites (tertiary alicyclic amines) is 1. The predicted octanol–water partition coefficient (Wildman–Crippen LogP) is 2.34. The van der Waals surface area contributed by atoms with Gasteiger partial charge in [-0.25, -0.2) is 4.79 Å². The molecule has 1 unspecified atom stereocenters. The standard InChI is InChI=1S/C17H25N3O/c1-2-18-17(21)19-13-16-10-12-20(14-16)11-6-9-15-7-4-3-5-8-15/h3-9,16H,2,10-14H2,1H3,(H2,18,19,21)/b9-6+. The largest absolute Gasteiger partial charge is 0.338 e. The summed E-state index contributed by atoms with van der Waals surface area (Å²) in [5, 5.41) is 5.69. The number of nitrogens with zero attached hydrogens (tertiary/aromatic N) is 1. The highest BCUT2D eigenvalue weighted by Gasteiger charge is 2.21. The first-order chi connectivity index (χ1) is 10.3. The molecule has 1 atom stereocenters. The molecule has 1 heterocycles. The van der Waals surface area contributed by atoms with Crippen LogP contribution in [0, 0.1) is 5.92 Å². The Hall–Kier alpha value is -1.81. The van der Waals surface area contributed by atoms with Crippen LogP contribution in [-0.4, -0.2) is 43.7 Å². The van der Waals surface area contributed by atoms with E-state index in [4.69, 9.17) is 0 Å². The molecule has 21 heavy (non-hydrogen) atoms. The van der Waals surface area contributed by atoms with Crippen LogP contribution >= 0.6 is 0 Å². The predicted molar refractivity (Wildman–Crippen MR) is 87.1 cm³/mol. The van der Waals surface area contributed by atoms with Gasteiger partial charge in [0.25, 0.3) is 0 Å². The van der Waals surface area contributed by atoms with Gasteiger partial charge in [0, 0.05) is 26.2 Å². The third kappa shape index (κ3) is 5.60. The summed E-state index contributed by atoms with van der Waals surface area (Å²) < 4.78 is 0. The van der Waals surface area contributed by atoms with Gasteiger partial charge in [-0.05, 0) is 31.4 Å². The first-order valence-corrected chi connectivity index (χ1v) is 7.73. The smallest absolute Gasteiger partial charge is 0.314 e. The quantitative estimate of drug-likeness (QED) is 0.843. The summed E-state index contributed by atoms with van der Waals surface area (Å²) >= 11 is 0. The average molecular weight is 287 g/mol. The number of nitrogens with one attached hydrogen (secondary N) is 2. The van der Waals surface area contributed by atoms with Crippen molar-refractivity contribution >= 4 is 12.1 Å². The minimum Gasteiger partial charge on any atom is -0.338 e. The molecule has 1 aromatic carbocycles. The Morgan fingerprint density at radius 1 is 1.33 bits per heavy atom. The molecule has 4 nitrogen and oxygen atoms in total. The summed E-state index contributed by atoms with van der Waals surface area (Å²) in [6.45, 7) is 6.52. The van der Waals surface area contributed by atoms with Gasteiger partial charge in [0.15, 0.2) is 0 Å². The van der Waals surface area contributed by atoms with Crippen LogP contribution in [0.5, 0.6) is 0 Å². The first kappa shape index (κ1) is 15.6. The summed E-state index contributed by atoms with van der Waals surface area (Å²) in [6, 6.07) is 10.3. The molecular weight excluding hydrogens is 262 g/mol. The lowest BCUT2D eigenvalue weighted by Crippen LogP contribution is -2.38. The molecule has 0 saturated carbocycles. The molecule has 114 valence electrons. The van der Waals surface area contributed by atoms with Crippen molar-refractivity contribution in [2.24, 2.45) is 5.92 Å². The molecule has 4 heteroatoms. The molecule has 0 aliphatic carbocycles. The molecule has 1 saturated heterocycles. The molecule has 1 aliphatic rings. The molecule has 2 amide bonds. The number of carbonyl (C=O) groups excluding carboxylic acids is 1. The van der Waals surface area contributed by atoms with Crippen molar-refractivity contribution in [1.82, 2.24) is 15.5 Å². The van der Waals surface area contributed by atoms with Crippen molar-refractivity contribution in [3.63, 3.8) is 0 Å². The summed E-state index contributed by atoms with van der Waals surface area (Å²) in [5.74, 6) is 0.567. The van der Waals surface area contributed by atoms with Gasteiger partial charge in [0.05, 0.1) is 0 Å². The highest BCUT2D eigenvalue weighted by atomic mass is 16.2. The number of hydrogen-bond donors (Lipinski definition) is 2. The maximum Gasteiger partial charge on any atom is 0.314 e. The molecule has 1 aromatic rings. The van der Waals surface area contributed by atoms with Crippen LogP contribution in [0.1, 0.15) is 18.9 Å². The fourth-order valence-electron chi connectivity index (χ4n) is 2.61. The summed E-state index contributed by atoms with van der Waals surface area (Å²) in [5.41, 5.74) is 1.24. The number of amides is 2. The van der Waals surface area contributed by atoms with Gasteiger partial charge in [-0.15, -0.1) is 0 Å². The molecule has 2 rings (SSSR count). The molecule has 2 N–H and O–H groups in total. The molecule has 0 radical (unpaired) electrons. The third-order valence-corrected chi connectivity index (χ3v) is 3.73. The second kappa shape index (κ2) is 8.47. The van der Waals surface area contributed by atoms with Crippen LogP contribution < -0.4 is 10.6 Å². The third-order valence-electron chi connectivity index (χ3n) is 3.73.